The van der Waals surface area contributed by atoms with Gasteiger partial charge in [0.1, 0.15) is 11.8 Å². The number of aromatic hydroxyl groups is 1. The topological polar surface area (TPSA) is 32.6 Å². The summed E-state index contributed by atoms with van der Waals surface area (Å²) in [5, 5.41) is 12.8. The quantitative estimate of drug-likeness (QED) is 0.472. The zero-order valence-electron chi connectivity index (χ0n) is 14.3. The average Bonchev–Trinajstić information content (AvgIpc) is 2.71. The SMILES string of the molecule is Oc1ccc2ccccc2c1C(N=Cc1ccccc1)c1ccccc1. The van der Waals surface area contributed by atoms with Gasteiger partial charge in [-0.15, -0.1) is 0 Å². The molecule has 0 aliphatic heterocycles. The maximum absolute atomic E-state index is 10.7. The van der Waals surface area contributed by atoms with Gasteiger partial charge in [-0.1, -0.05) is 91.0 Å². The summed E-state index contributed by atoms with van der Waals surface area (Å²) >= 11 is 0. The second-order valence-corrected chi connectivity index (χ2v) is 6.22. The van der Waals surface area contributed by atoms with E-state index in [1.165, 1.54) is 0 Å². The van der Waals surface area contributed by atoms with E-state index in [9.17, 15) is 5.11 Å². The zero-order chi connectivity index (χ0) is 17.8. The van der Waals surface area contributed by atoms with E-state index >= 15 is 0 Å². The highest BCUT2D eigenvalue weighted by Crippen LogP contribution is 2.37. The number of nitrogens with zero attached hydrogens (tertiary/aromatic N) is 1. The standard InChI is InChI=1S/C24H19NO/c26-22-16-15-19-11-7-8-14-21(19)23(22)24(20-12-5-2-6-13-20)25-17-18-9-3-1-4-10-18/h1-17,24,26H. The van der Waals surface area contributed by atoms with Crippen molar-refractivity contribution in [1.82, 2.24) is 0 Å². The molecule has 0 bridgehead atoms. The van der Waals surface area contributed by atoms with Crippen molar-refractivity contribution in [2.75, 3.05) is 0 Å². The zero-order valence-corrected chi connectivity index (χ0v) is 14.3. The maximum atomic E-state index is 10.7. The van der Waals surface area contributed by atoms with Gasteiger partial charge in [-0.05, 0) is 28.0 Å². The molecule has 0 aliphatic rings. The summed E-state index contributed by atoms with van der Waals surface area (Å²) in [6.07, 6.45) is 1.87. The van der Waals surface area contributed by atoms with Crippen molar-refractivity contribution in [1.29, 1.82) is 0 Å². The van der Waals surface area contributed by atoms with E-state index in [-0.39, 0.29) is 11.8 Å². The van der Waals surface area contributed by atoms with Gasteiger partial charge in [-0.25, -0.2) is 0 Å². The van der Waals surface area contributed by atoms with E-state index in [0.29, 0.717) is 0 Å². The van der Waals surface area contributed by atoms with Crippen LogP contribution < -0.4 is 0 Å². The van der Waals surface area contributed by atoms with Crippen LogP contribution in [0, 0.1) is 0 Å². The van der Waals surface area contributed by atoms with Gasteiger partial charge in [0.15, 0.2) is 0 Å². The Bertz CT molecular complexity index is 1040. The first-order valence-electron chi connectivity index (χ1n) is 8.67. The Labute approximate surface area is 153 Å². The molecule has 0 amide bonds. The predicted octanol–water partition coefficient (Wildman–Crippen LogP) is 5.75. The number of hydrogen-bond acceptors (Lipinski definition) is 2. The molecule has 1 unspecified atom stereocenters. The molecule has 4 aromatic rings. The number of hydrogen-bond donors (Lipinski definition) is 1. The lowest BCUT2D eigenvalue weighted by Gasteiger charge is -2.17. The fourth-order valence-electron chi connectivity index (χ4n) is 3.23. The molecule has 4 aromatic carbocycles. The van der Waals surface area contributed by atoms with Crippen LogP contribution >= 0.6 is 0 Å². The molecule has 0 aromatic heterocycles. The van der Waals surface area contributed by atoms with Crippen LogP contribution in [0.25, 0.3) is 10.8 Å². The summed E-state index contributed by atoms with van der Waals surface area (Å²) in [6.45, 7) is 0. The smallest absolute Gasteiger partial charge is 0.121 e. The molecule has 0 fully saturated rings. The number of aliphatic imine (C=N–C) groups is 1. The Morgan fingerprint density at radius 3 is 2.12 bits per heavy atom. The number of rotatable bonds is 4. The molecule has 4 rings (SSSR count). The molecule has 2 nitrogen and oxygen atoms in total. The molecule has 126 valence electrons. The lowest BCUT2D eigenvalue weighted by Crippen LogP contribution is -2.01. The first-order valence-corrected chi connectivity index (χ1v) is 8.67. The molecular formula is C24H19NO. The summed E-state index contributed by atoms with van der Waals surface area (Å²) in [5.74, 6) is 0.266. The van der Waals surface area contributed by atoms with Crippen molar-refractivity contribution in [2.24, 2.45) is 4.99 Å². The van der Waals surface area contributed by atoms with Gasteiger partial charge >= 0.3 is 0 Å². The lowest BCUT2D eigenvalue weighted by atomic mass is 9.93. The van der Waals surface area contributed by atoms with Crippen molar-refractivity contribution in [2.45, 2.75) is 6.04 Å². The molecule has 0 heterocycles. The largest absolute Gasteiger partial charge is 0.508 e. The monoisotopic (exact) mass is 337 g/mol. The highest BCUT2D eigenvalue weighted by Gasteiger charge is 2.19. The number of fused-ring (bicyclic) bond motifs is 1. The van der Waals surface area contributed by atoms with Gasteiger partial charge in [-0.3, -0.25) is 4.99 Å². The number of phenols is 1. The minimum atomic E-state index is -0.275. The molecule has 26 heavy (non-hydrogen) atoms. The summed E-state index contributed by atoms with van der Waals surface area (Å²) in [7, 11) is 0. The van der Waals surface area contributed by atoms with Crippen LogP contribution in [0.5, 0.6) is 5.75 Å². The summed E-state index contributed by atoms with van der Waals surface area (Å²) in [4.78, 5) is 4.86. The number of benzene rings is 4. The van der Waals surface area contributed by atoms with Gasteiger partial charge in [0.05, 0.1) is 0 Å². The Kier molecular flexibility index (Phi) is 4.48. The van der Waals surface area contributed by atoms with Crippen molar-refractivity contribution < 1.29 is 5.11 Å². The third kappa shape index (κ3) is 3.22. The third-order valence-electron chi connectivity index (χ3n) is 4.51. The molecule has 0 aliphatic carbocycles. The van der Waals surface area contributed by atoms with Crippen molar-refractivity contribution in [3.63, 3.8) is 0 Å². The molecule has 0 radical (unpaired) electrons. The van der Waals surface area contributed by atoms with Gasteiger partial charge in [-0.2, -0.15) is 0 Å². The fourth-order valence-corrected chi connectivity index (χ4v) is 3.23. The summed E-state index contributed by atoms with van der Waals surface area (Å²) in [5.41, 5.74) is 2.92. The van der Waals surface area contributed by atoms with E-state index in [1.807, 2.05) is 91.1 Å². The van der Waals surface area contributed by atoms with E-state index in [2.05, 4.69) is 6.07 Å². The van der Waals surface area contributed by atoms with E-state index in [4.69, 9.17) is 4.99 Å². The third-order valence-corrected chi connectivity index (χ3v) is 4.51. The Morgan fingerprint density at radius 2 is 1.35 bits per heavy atom. The Balaban J connectivity index is 1.89. The minimum absolute atomic E-state index is 0.266. The minimum Gasteiger partial charge on any atom is -0.508 e. The van der Waals surface area contributed by atoms with E-state index in [0.717, 1.165) is 27.5 Å². The molecular weight excluding hydrogens is 318 g/mol. The highest BCUT2D eigenvalue weighted by molar-refractivity contribution is 5.89. The molecule has 1 atom stereocenters. The molecule has 2 heteroatoms. The van der Waals surface area contributed by atoms with Crippen LogP contribution in [0.2, 0.25) is 0 Å². The molecule has 0 saturated heterocycles. The molecule has 0 saturated carbocycles. The van der Waals surface area contributed by atoms with Crippen molar-refractivity contribution >= 4 is 17.0 Å². The second kappa shape index (κ2) is 7.24. The van der Waals surface area contributed by atoms with Crippen LogP contribution in [-0.4, -0.2) is 11.3 Å². The van der Waals surface area contributed by atoms with Crippen LogP contribution in [0.1, 0.15) is 22.7 Å². The average molecular weight is 337 g/mol. The maximum Gasteiger partial charge on any atom is 0.121 e. The normalized spacial score (nSPS) is 12.5. The first kappa shape index (κ1) is 16.1. The van der Waals surface area contributed by atoms with Gasteiger partial charge in [0, 0.05) is 11.8 Å². The van der Waals surface area contributed by atoms with Gasteiger partial charge < -0.3 is 5.11 Å². The number of phenolic OH excluding ortho intramolecular Hbond substituents is 1. The summed E-state index contributed by atoms with van der Waals surface area (Å²) in [6, 6.07) is 31.6. The Hall–Kier alpha value is -3.39. The summed E-state index contributed by atoms with van der Waals surface area (Å²) < 4.78 is 0. The van der Waals surface area contributed by atoms with E-state index < -0.39 is 0 Å². The fraction of sp³-hybridized carbons (Fsp3) is 0.0417. The molecule has 0 spiro atoms. The first-order chi connectivity index (χ1) is 12.8. The highest BCUT2D eigenvalue weighted by atomic mass is 16.3. The second-order valence-electron chi connectivity index (χ2n) is 6.22. The van der Waals surface area contributed by atoms with Crippen molar-refractivity contribution in [3.8, 4) is 5.75 Å². The van der Waals surface area contributed by atoms with Crippen molar-refractivity contribution in [3.05, 3.63) is 114 Å². The van der Waals surface area contributed by atoms with Crippen LogP contribution in [0.15, 0.2) is 102 Å². The predicted molar refractivity (Wildman–Crippen MR) is 108 cm³/mol. The van der Waals surface area contributed by atoms with Crippen LogP contribution in [0.3, 0.4) is 0 Å². The van der Waals surface area contributed by atoms with Gasteiger partial charge in [0.25, 0.3) is 0 Å². The molecule has 1 N–H and O–H groups in total. The van der Waals surface area contributed by atoms with Crippen LogP contribution in [-0.2, 0) is 0 Å². The van der Waals surface area contributed by atoms with Crippen LogP contribution in [0.4, 0.5) is 0 Å². The Morgan fingerprint density at radius 1 is 0.692 bits per heavy atom. The van der Waals surface area contributed by atoms with Gasteiger partial charge in [0.2, 0.25) is 0 Å². The lowest BCUT2D eigenvalue weighted by molar-refractivity contribution is 0.467. The van der Waals surface area contributed by atoms with E-state index in [1.54, 1.807) is 6.07 Å².